The minimum Gasteiger partial charge on any atom is -0.301 e. The molecule has 0 aliphatic heterocycles. The smallest absolute Gasteiger partial charge is 0.122 e. The van der Waals surface area contributed by atoms with Crippen molar-refractivity contribution in [3.05, 3.63) is 0 Å². The maximum atomic E-state index is 4.05. The highest BCUT2D eigenvalue weighted by Gasteiger charge is 2.42. The average molecular weight is 368 g/mol. The maximum Gasteiger partial charge on any atom is 0.122 e. The summed E-state index contributed by atoms with van der Waals surface area (Å²) in [6.07, 6.45) is 0. The van der Waals surface area contributed by atoms with Crippen LogP contribution in [0.25, 0.3) is 0 Å². The van der Waals surface area contributed by atoms with E-state index in [1.807, 2.05) is 0 Å². The number of rotatable bonds is 7. The molecule has 122 valence electrons. The summed E-state index contributed by atoms with van der Waals surface area (Å²) in [4.78, 5) is 0. The zero-order chi connectivity index (χ0) is 16.6. The third kappa shape index (κ3) is 8.58. The first kappa shape index (κ1) is 21.2. The average Bonchev–Trinajstić information content (AvgIpc) is 1.87. The van der Waals surface area contributed by atoms with Crippen LogP contribution in [0.4, 0.5) is 0 Å². The van der Waals surface area contributed by atoms with Crippen molar-refractivity contribution in [3.63, 3.8) is 0 Å². The molecule has 0 aromatic carbocycles. The van der Waals surface area contributed by atoms with Crippen LogP contribution in [0.1, 0.15) is 0 Å². The Morgan fingerprint density at radius 2 is 0.800 bits per heavy atom. The first-order valence-electron chi connectivity index (χ1n) is 7.59. The lowest BCUT2D eigenvalue weighted by Crippen LogP contribution is -2.62. The quantitative estimate of drug-likeness (QED) is 0.488. The molecule has 0 heterocycles. The van der Waals surface area contributed by atoms with E-state index < -0.39 is 41.3 Å². The van der Waals surface area contributed by atoms with E-state index in [4.69, 9.17) is 0 Å². The molecule has 0 aliphatic rings. The molecule has 0 rings (SSSR count). The van der Waals surface area contributed by atoms with Crippen molar-refractivity contribution in [2.75, 3.05) is 0 Å². The van der Waals surface area contributed by atoms with Gasteiger partial charge in [-0.15, -0.1) is 0 Å². The van der Waals surface area contributed by atoms with Crippen molar-refractivity contribution in [2.24, 2.45) is 0 Å². The molecule has 0 atom stereocenters. The summed E-state index contributed by atoms with van der Waals surface area (Å²) in [7, 11) is -5.68. The van der Waals surface area contributed by atoms with E-state index in [0.29, 0.717) is 0 Å². The van der Waals surface area contributed by atoms with Crippen LogP contribution in [-0.4, -0.2) is 36.9 Å². The molecule has 0 radical (unpaired) electrons. The SMILES string of the molecule is C[Si](C)(C)NP(N[Si](C)(C)C)N([Si](C)(C)C)[Si](C)(C)C. The predicted octanol–water partition coefficient (Wildman–Crippen LogP) is 5.03. The summed E-state index contributed by atoms with van der Waals surface area (Å²) >= 11 is 0. The van der Waals surface area contributed by atoms with E-state index in [2.05, 4.69) is 92.1 Å². The molecular formula is C12H38N3PSi4. The lowest BCUT2D eigenvalue weighted by Gasteiger charge is -2.51. The van der Waals surface area contributed by atoms with Gasteiger partial charge >= 0.3 is 0 Å². The summed E-state index contributed by atoms with van der Waals surface area (Å²) in [6.45, 7) is 29.5. The van der Waals surface area contributed by atoms with Crippen LogP contribution in [0.3, 0.4) is 0 Å². The Morgan fingerprint density at radius 3 is 0.950 bits per heavy atom. The van der Waals surface area contributed by atoms with Crippen LogP contribution in [0.15, 0.2) is 0 Å². The molecule has 0 unspecified atom stereocenters. The van der Waals surface area contributed by atoms with Crippen LogP contribution in [0.5, 0.6) is 0 Å². The fourth-order valence-electron chi connectivity index (χ4n) is 2.37. The van der Waals surface area contributed by atoms with Crippen LogP contribution < -0.4 is 9.51 Å². The lowest BCUT2D eigenvalue weighted by molar-refractivity contribution is 0.937. The Hall–Kier alpha value is 1.18. The van der Waals surface area contributed by atoms with E-state index in [-0.39, 0.29) is 0 Å². The molecule has 3 nitrogen and oxygen atoms in total. The van der Waals surface area contributed by atoms with Gasteiger partial charge in [-0.1, -0.05) is 78.6 Å². The summed E-state index contributed by atoms with van der Waals surface area (Å²) in [5, 5.41) is 0. The fraction of sp³-hybridized carbons (Fsp3) is 1.00. The van der Waals surface area contributed by atoms with Gasteiger partial charge in [0.1, 0.15) is 32.9 Å². The van der Waals surface area contributed by atoms with Crippen molar-refractivity contribution in [3.8, 4) is 0 Å². The minimum atomic E-state index is -1.34. The van der Waals surface area contributed by atoms with Gasteiger partial charge in [0.05, 0.1) is 8.37 Å². The molecular weight excluding hydrogens is 329 g/mol. The Morgan fingerprint density at radius 1 is 0.550 bits per heavy atom. The van der Waals surface area contributed by atoms with E-state index in [0.717, 1.165) is 0 Å². The molecule has 0 aliphatic carbocycles. The highest BCUT2D eigenvalue weighted by atomic mass is 31.2. The Bertz CT molecular complexity index is 283. The molecule has 2 N–H and O–H groups in total. The zero-order valence-electron chi connectivity index (χ0n) is 15.9. The van der Waals surface area contributed by atoms with Crippen LogP contribution >= 0.6 is 8.37 Å². The summed E-state index contributed by atoms with van der Waals surface area (Å²) in [6, 6.07) is 0. The normalized spacial score (nSPS) is 15.3. The highest BCUT2D eigenvalue weighted by Crippen LogP contribution is 2.43. The summed E-state index contributed by atoms with van der Waals surface area (Å²) in [5.74, 6) is 0. The molecule has 0 aromatic heterocycles. The summed E-state index contributed by atoms with van der Waals surface area (Å²) < 4.78 is 11.0. The molecule has 0 spiro atoms. The first-order valence-corrected chi connectivity index (χ1v) is 22.8. The monoisotopic (exact) mass is 367 g/mol. The third-order valence-corrected chi connectivity index (χ3v) is 21.2. The van der Waals surface area contributed by atoms with Crippen molar-refractivity contribution in [2.45, 2.75) is 78.6 Å². The molecule has 0 amide bonds. The second-order valence-corrected chi connectivity index (χ2v) is 32.3. The Labute approximate surface area is 133 Å². The number of nitrogens with one attached hydrogen (secondary N) is 2. The largest absolute Gasteiger partial charge is 0.301 e. The van der Waals surface area contributed by atoms with Gasteiger partial charge in [-0.25, -0.2) is 0 Å². The molecule has 0 aromatic rings. The maximum absolute atomic E-state index is 4.05. The number of nitrogens with zero attached hydrogens (tertiary/aromatic N) is 1. The van der Waals surface area contributed by atoms with Gasteiger partial charge in [0, 0.05) is 0 Å². The second-order valence-electron chi connectivity index (χ2n) is 9.69. The van der Waals surface area contributed by atoms with Crippen molar-refractivity contribution in [1.82, 2.24) is 13.5 Å². The minimum absolute atomic E-state index is 0.396. The van der Waals surface area contributed by atoms with Crippen molar-refractivity contribution < 1.29 is 0 Å². The topological polar surface area (TPSA) is 27.3 Å². The van der Waals surface area contributed by atoms with E-state index in [9.17, 15) is 0 Å². The van der Waals surface area contributed by atoms with Crippen LogP contribution in [-0.2, 0) is 0 Å². The first-order chi connectivity index (χ1) is 8.43. The van der Waals surface area contributed by atoms with E-state index >= 15 is 0 Å². The molecule has 0 fully saturated rings. The van der Waals surface area contributed by atoms with Gasteiger partial charge < -0.3 is 4.00 Å². The van der Waals surface area contributed by atoms with Gasteiger partial charge in [-0.05, 0) is 0 Å². The highest BCUT2D eigenvalue weighted by molar-refractivity contribution is 7.60. The van der Waals surface area contributed by atoms with E-state index in [1.54, 1.807) is 0 Å². The van der Waals surface area contributed by atoms with Crippen molar-refractivity contribution in [1.29, 1.82) is 0 Å². The molecule has 0 bridgehead atoms. The van der Waals surface area contributed by atoms with E-state index in [1.165, 1.54) is 0 Å². The molecule has 0 saturated carbocycles. The van der Waals surface area contributed by atoms with Crippen molar-refractivity contribution >= 4 is 41.3 Å². The van der Waals surface area contributed by atoms with Gasteiger partial charge in [0.15, 0.2) is 0 Å². The third-order valence-electron chi connectivity index (χ3n) is 2.35. The predicted molar refractivity (Wildman–Crippen MR) is 108 cm³/mol. The molecule has 0 saturated heterocycles. The fourth-order valence-corrected chi connectivity index (χ4v) is 23.6. The van der Waals surface area contributed by atoms with Crippen LogP contribution in [0.2, 0.25) is 78.6 Å². The lowest BCUT2D eigenvalue weighted by atomic mass is 11.8. The Balaban J connectivity index is 5.54. The van der Waals surface area contributed by atoms with Gasteiger partial charge in [-0.2, -0.15) is 0 Å². The number of hydrogen-bond acceptors (Lipinski definition) is 3. The Kier molecular flexibility index (Phi) is 7.14. The second kappa shape index (κ2) is 6.74. The molecule has 20 heavy (non-hydrogen) atoms. The van der Waals surface area contributed by atoms with Gasteiger partial charge in [0.2, 0.25) is 0 Å². The zero-order valence-corrected chi connectivity index (χ0v) is 20.8. The summed E-state index contributed by atoms with van der Waals surface area (Å²) in [5.41, 5.74) is 0. The van der Waals surface area contributed by atoms with Gasteiger partial charge in [-0.3, -0.25) is 9.51 Å². The standard InChI is InChI=1S/C12H38N3PSi4/c1-17(2,3)13-16(14-18(4,5)6)15(19(7,8)9)20(10,11)12/h13-14H,1-12H3. The number of hydrogen-bond donors (Lipinski definition) is 2. The van der Waals surface area contributed by atoms with Crippen LogP contribution in [0, 0.1) is 0 Å². The molecule has 8 heteroatoms. The van der Waals surface area contributed by atoms with Gasteiger partial charge in [0.25, 0.3) is 0 Å².